The molecule has 0 saturated carbocycles. The standard InChI is InChI=1S/C11H13N3O.Rb/c1-3-9-6-4-5-7-10(9)14-8(2)12-13-11(14)15;/h4-7H,3H2,1-2H3,(H,13,15);/q;+1/p-1. The van der Waals surface area contributed by atoms with Crippen molar-refractivity contribution in [2.75, 3.05) is 0 Å². The van der Waals surface area contributed by atoms with E-state index in [1.165, 1.54) is 0 Å². The van der Waals surface area contributed by atoms with Crippen LogP contribution in [0.1, 0.15) is 18.3 Å². The summed E-state index contributed by atoms with van der Waals surface area (Å²) in [5.74, 6) is 0.626. The van der Waals surface area contributed by atoms with Crippen molar-refractivity contribution >= 4 is 0 Å². The number of aromatic nitrogens is 3. The molecule has 0 spiro atoms. The quantitative estimate of drug-likeness (QED) is 0.646. The fourth-order valence-corrected chi connectivity index (χ4v) is 1.65. The van der Waals surface area contributed by atoms with Gasteiger partial charge in [-0.25, -0.2) is 0 Å². The monoisotopic (exact) mass is 287 g/mol. The van der Waals surface area contributed by atoms with E-state index in [-0.39, 0.29) is 63.9 Å². The number of nitrogens with zero attached hydrogens (tertiary/aromatic N) is 3. The molecule has 0 bridgehead atoms. The molecule has 2 rings (SSSR count). The second kappa shape index (κ2) is 6.05. The van der Waals surface area contributed by atoms with Gasteiger partial charge in [0.25, 0.3) is 0 Å². The molecule has 0 N–H and O–H groups in total. The minimum atomic E-state index is -0.312. The summed E-state index contributed by atoms with van der Waals surface area (Å²) < 4.78 is 1.54. The van der Waals surface area contributed by atoms with Crippen molar-refractivity contribution in [2.45, 2.75) is 20.3 Å². The molecule has 0 aliphatic rings. The molecular weight excluding hydrogens is 276 g/mol. The third-order valence-corrected chi connectivity index (χ3v) is 2.41. The number of rotatable bonds is 2. The van der Waals surface area contributed by atoms with Crippen molar-refractivity contribution in [2.24, 2.45) is 0 Å². The molecule has 0 saturated heterocycles. The molecule has 16 heavy (non-hydrogen) atoms. The summed E-state index contributed by atoms with van der Waals surface area (Å²) in [6, 6.07) is 7.80. The molecule has 0 atom stereocenters. The zero-order valence-electron chi connectivity index (χ0n) is 9.77. The van der Waals surface area contributed by atoms with Crippen LogP contribution in [0.3, 0.4) is 0 Å². The van der Waals surface area contributed by atoms with Gasteiger partial charge in [0.1, 0.15) is 0 Å². The zero-order chi connectivity index (χ0) is 10.8. The van der Waals surface area contributed by atoms with Crippen LogP contribution in [-0.4, -0.2) is 9.67 Å². The van der Waals surface area contributed by atoms with Crippen LogP contribution in [0, 0.1) is 6.92 Å². The van der Waals surface area contributed by atoms with Crippen molar-refractivity contribution in [3.63, 3.8) is 0 Å². The van der Waals surface area contributed by atoms with Gasteiger partial charge >= 0.3 is 58.2 Å². The molecule has 0 amide bonds. The van der Waals surface area contributed by atoms with Crippen LogP contribution in [0.2, 0.25) is 0 Å². The van der Waals surface area contributed by atoms with E-state index in [2.05, 4.69) is 17.1 Å². The van der Waals surface area contributed by atoms with Gasteiger partial charge < -0.3 is 9.67 Å². The predicted octanol–water partition coefficient (Wildman–Crippen LogP) is -1.94. The second-order valence-electron chi connectivity index (χ2n) is 3.35. The van der Waals surface area contributed by atoms with Crippen molar-refractivity contribution in [3.05, 3.63) is 46.1 Å². The summed E-state index contributed by atoms with van der Waals surface area (Å²) in [6.45, 7) is 3.84. The summed E-state index contributed by atoms with van der Waals surface area (Å²) in [5, 5.41) is 7.29. The van der Waals surface area contributed by atoms with Gasteiger partial charge in [-0.3, -0.25) is 9.89 Å². The van der Waals surface area contributed by atoms with Crippen LogP contribution >= 0.6 is 0 Å². The van der Waals surface area contributed by atoms with E-state index >= 15 is 0 Å². The summed E-state index contributed by atoms with van der Waals surface area (Å²) in [6.07, 6.45) is 0.882. The SMILES string of the molecule is CCc1ccccc1-n1c(C)n[n-]c1=O.[Rb+]. The van der Waals surface area contributed by atoms with Crippen molar-refractivity contribution in [1.29, 1.82) is 0 Å². The summed E-state index contributed by atoms with van der Waals surface area (Å²) >= 11 is 0. The van der Waals surface area contributed by atoms with Crippen molar-refractivity contribution in [3.8, 4) is 5.69 Å². The molecule has 0 aliphatic carbocycles. The minimum Gasteiger partial charge on any atom is -0.371 e. The van der Waals surface area contributed by atoms with E-state index in [0.717, 1.165) is 17.7 Å². The summed E-state index contributed by atoms with van der Waals surface area (Å²) in [7, 11) is 0. The third-order valence-electron chi connectivity index (χ3n) is 2.41. The molecule has 2 aromatic rings. The van der Waals surface area contributed by atoms with Gasteiger partial charge in [0.05, 0.1) is 0 Å². The van der Waals surface area contributed by atoms with E-state index in [4.69, 9.17) is 0 Å². The second-order valence-corrected chi connectivity index (χ2v) is 3.35. The maximum absolute atomic E-state index is 11.5. The summed E-state index contributed by atoms with van der Waals surface area (Å²) in [4.78, 5) is 11.5. The Kier molecular flexibility index (Phi) is 5.30. The van der Waals surface area contributed by atoms with Gasteiger partial charge in [-0.1, -0.05) is 31.2 Å². The number of aryl methyl sites for hydroxylation is 2. The molecule has 1 heterocycles. The van der Waals surface area contributed by atoms with Gasteiger partial charge in [0.15, 0.2) is 5.69 Å². The molecule has 0 radical (unpaired) electrons. The molecule has 1 aromatic carbocycles. The topological polar surface area (TPSA) is 49.0 Å². The maximum atomic E-state index is 11.5. The maximum Gasteiger partial charge on any atom is 1.00 e. The molecule has 0 fully saturated rings. The molecule has 4 nitrogen and oxygen atoms in total. The van der Waals surface area contributed by atoms with Gasteiger partial charge in [-0.2, -0.15) is 0 Å². The van der Waals surface area contributed by atoms with Crippen LogP contribution in [-0.2, 0) is 6.42 Å². The van der Waals surface area contributed by atoms with Gasteiger partial charge in [-0.05, 0) is 24.6 Å². The largest absolute Gasteiger partial charge is 1.00 e. The van der Waals surface area contributed by atoms with Gasteiger partial charge in [-0.15, -0.1) is 0 Å². The Morgan fingerprint density at radius 1 is 1.38 bits per heavy atom. The Hall–Kier alpha value is -0.0348. The number of hydrogen-bond acceptors (Lipinski definition) is 2. The van der Waals surface area contributed by atoms with Crippen molar-refractivity contribution < 1.29 is 58.2 Å². The van der Waals surface area contributed by atoms with Crippen LogP contribution in [0.15, 0.2) is 29.1 Å². The third kappa shape index (κ3) is 2.61. The Morgan fingerprint density at radius 3 is 2.62 bits per heavy atom. The zero-order valence-corrected chi connectivity index (χ0v) is 14.7. The normalized spacial score (nSPS) is 9.88. The predicted molar refractivity (Wildman–Crippen MR) is 57.3 cm³/mol. The van der Waals surface area contributed by atoms with Crippen LogP contribution < -0.4 is 69.0 Å². The first kappa shape index (κ1) is 14.0. The van der Waals surface area contributed by atoms with Crippen LogP contribution in [0.5, 0.6) is 0 Å². The Morgan fingerprint density at radius 2 is 2.06 bits per heavy atom. The van der Waals surface area contributed by atoms with E-state index in [9.17, 15) is 4.79 Å². The average molecular weight is 288 g/mol. The van der Waals surface area contributed by atoms with E-state index in [1.54, 1.807) is 11.5 Å². The smallest absolute Gasteiger partial charge is 0.371 e. The van der Waals surface area contributed by atoms with E-state index in [1.807, 2.05) is 24.3 Å². The molecule has 1 aromatic heterocycles. The summed E-state index contributed by atoms with van der Waals surface area (Å²) in [5.41, 5.74) is 1.69. The molecule has 0 unspecified atom stereocenters. The Balaban J connectivity index is 0.00000128. The Bertz CT molecular complexity index is 530. The fourth-order valence-electron chi connectivity index (χ4n) is 1.65. The van der Waals surface area contributed by atoms with E-state index in [0.29, 0.717) is 5.82 Å². The first-order valence-corrected chi connectivity index (χ1v) is 4.91. The molecular formula is C11H12N3ORb. The van der Waals surface area contributed by atoms with Crippen molar-refractivity contribution in [1.82, 2.24) is 14.8 Å². The van der Waals surface area contributed by atoms with E-state index < -0.39 is 0 Å². The first-order valence-electron chi connectivity index (χ1n) is 4.91. The van der Waals surface area contributed by atoms with Gasteiger partial charge in [0.2, 0.25) is 0 Å². The van der Waals surface area contributed by atoms with Crippen LogP contribution in [0.25, 0.3) is 5.69 Å². The fraction of sp³-hybridized carbons (Fsp3) is 0.273. The number of hydrogen-bond donors (Lipinski definition) is 0. The molecule has 78 valence electrons. The van der Waals surface area contributed by atoms with Crippen LogP contribution in [0.4, 0.5) is 0 Å². The number of benzene rings is 1. The minimum absolute atomic E-state index is 0. The first-order chi connectivity index (χ1) is 7.24. The molecule has 5 heteroatoms. The Labute approximate surface area is 143 Å². The molecule has 0 aliphatic heterocycles. The van der Waals surface area contributed by atoms with Gasteiger partial charge in [0, 0.05) is 5.82 Å². The number of para-hydroxylation sites is 1. The average Bonchev–Trinajstić information content (AvgIpc) is 2.59.